The van der Waals surface area contributed by atoms with Crippen LogP contribution in [-0.4, -0.2) is 22.6 Å². The van der Waals surface area contributed by atoms with E-state index in [1.54, 1.807) is 48.9 Å². The van der Waals surface area contributed by atoms with E-state index in [9.17, 15) is 18.0 Å². The minimum absolute atomic E-state index is 0.163. The molecule has 28 heavy (non-hydrogen) atoms. The summed E-state index contributed by atoms with van der Waals surface area (Å²) in [6.45, 7) is 3.47. The lowest BCUT2D eigenvalue weighted by Crippen LogP contribution is -2.19. The predicted molar refractivity (Wildman–Crippen MR) is 98.2 cm³/mol. The Morgan fingerprint density at radius 1 is 1.11 bits per heavy atom. The molecule has 1 atom stereocenters. The molecule has 0 amide bonds. The van der Waals surface area contributed by atoms with Crippen LogP contribution in [0.25, 0.3) is 0 Å². The molecule has 3 rings (SSSR count). The fourth-order valence-corrected chi connectivity index (χ4v) is 3.27. The molecule has 0 fully saturated rings. The standard InChI is InChI=1S/C21H19F3N2O2/c1-13-4-9-17(21(22,23)24)18(14(13)2)19(26-11-10-25-12-26)15-5-7-16(8-6-15)20(27)28-3/h4-12,19H,1-3H3. The van der Waals surface area contributed by atoms with Crippen LogP contribution in [-0.2, 0) is 10.9 Å². The Balaban J connectivity index is 2.24. The summed E-state index contributed by atoms with van der Waals surface area (Å²) in [5, 5.41) is 0. The zero-order valence-corrected chi connectivity index (χ0v) is 15.6. The number of alkyl halides is 3. The number of aryl methyl sites for hydroxylation is 1. The number of rotatable bonds is 4. The molecule has 0 radical (unpaired) electrons. The van der Waals surface area contributed by atoms with Crippen LogP contribution in [0, 0.1) is 13.8 Å². The van der Waals surface area contributed by atoms with E-state index in [2.05, 4.69) is 9.72 Å². The highest BCUT2D eigenvalue weighted by molar-refractivity contribution is 5.89. The molecule has 1 aromatic heterocycles. The molecule has 1 unspecified atom stereocenters. The van der Waals surface area contributed by atoms with Crippen LogP contribution in [0.3, 0.4) is 0 Å². The van der Waals surface area contributed by atoms with Crippen molar-refractivity contribution in [2.45, 2.75) is 26.1 Å². The van der Waals surface area contributed by atoms with Crippen LogP contribution in [0.15, 0.2) is 55.1 Å². The Hall–Kier alpha value is -3.09. The van der Waals surface area contributed by atoms with Gasteiger partial charge in [-0.15, -0.1) is 0 Å². The number of halogens is 3. The van der Waals surface area contributed by atoms with Gasteiger partial charge in [-0.05, 0) is 54.3 Å². The summed E-state index contributed by atoms with van der Waals surface area (Å²) in [5.74, 6) is -0.506. The predicted octanol–water partition coefficient (Wildman–Crippen LogP) is 4.94. The normalized spacial score (nSPS) is 12.6. The van der Waals surface area contributed by atoms with E-state index in [-0.39, 0.29) is 5.56 Å². The van der Waals surface area contributed by atoms with Crippen molar-refractivity contribution in [2.24, 2.45) is 0 Å². The summed E-state index contributed by atoms with van der Waals surface area (Å²) in [7, 11) is 1.27. The molecule has 0 spiro atoms. The van der Waals surface area contributed by atoms with Crippen molar-refractivity contribution in [3.05, 3.63) is 88.5 Å². The first-order valence-electron chi connectivity index (χ1n) is 8.57. The molecule has 146 valence electrons. The molecule has 0 saturated heterocycles. The second kappa shape index (κ2) is 7.50. The van der Waals surface area contributed by atoms with E-state index in [4.69, 9.17) is 0 Å². The molecule has 0 N–H and O–H groups in total. The molecule has 0 saturated carbocycles. The largest absolute Gasteiger partial charge is 0.465 e. The number of carbonyl (C=O) groups excluding carboxylic acids is 1. The van der Waals surface area contributed by atoms with Gasteiger partial charge in [0.1, 0.15) is 0 Å². The van der Waals surface area contributed by atoms with Gasteiger partial charge in [-0.1, -0.05) is 18.2 Å². The minimum Gasteiger partial charge on any atom is -0.465 e. The van der Waals surface area contributed by atoms with Crippen molar-refractivity contribution in [1.82, 2.24) is 9.55 Å². The van der Waals surface area contributed by atoms with E-state index < -0.39 is 23.8 Å². The van der Waals surface area contributed by atoms with Gasteiger partial charge >= 0.3 is 12.1 Å². The van der Waals surface area contributed by atoms with Crippen LogP contribution in [0.2, 0.25) is 0 Å². The summed E-state index contributed by atoms with van der Waals surface area (Å²) >= 11 is 0. The highest BCUT2D eigenvalue weighted by Gasteiger charge is 2.37. The van der Waals surface area contributed by atoms with E-state index in [0.717, 1.165) is 11.6 Å². The number of aromatic nitrogens is 2. The van der Waals surface area contributed by atoms with Gasteiger partial charge in [-0.25, -0.2) is 9.78 Å². The first kappa shape index (κ1) is 19.7. The highest BCUT2D eigenvalue weighted by Crippen LogP contribution is 2.40. The van der Waals surface area contributed by atoms with Crippen molar-refractivity contribution in [3.8, 4) is 0 Å². The summed E-state index contributed by atoms with van der Waals surface area (Å²) < 4.78 is 47.7. The summed E-state index contributed by atoms with van der Waals surface area (Å²) in [4.78, 5) is 15.7. The van der Waals surface area contributed by atoms with Crippen LogP contribution in [0.1, 0.15) is 44.2 Å². The molecular weight excluding hydrogens is 369 g/mol. The fraction of sp³-hybridized carbons (Fsp3) is 0.238. The molecule has 0 aliphatic carbocycles. The molecule has 0 bridgehead atoms. The number of carbonyl (C=O) groups is 1. The Bertz CT molecular complexity index is 978. The molecule has 7 heteroatoms. The van der Waals surface area contributed by atoms with Crippen LogP contribution < -0.4 is 0 Å². The zero-order valence-electron chi connectivity index (χ0n) is 15.6. The highest BCUT2D eigenvalue weighted by atomic mass is 19.4. The lowest BCUT2D eigenvalue weighted by molar-refractivity contribution is -0.138. The van der Waals surface area contributed by atoms with Crippen LogP contribution in [0.5, 0.6) is 0 Å². The van der Waals surface area contributed by atoms with Gasteiger partial charge in [-0.2, -0.15) is 13.2 Å². The zero-order chi connectivity index (χ0) is 20.5. The number of imidazole rings is 1. The third kappa shape index (κ3) is 3.65. The summed E-state index contributed by atoms with van der Waals surface area (Å²) in [6.07, 6.45) is 0.133. The van der Waals surface area contributed by atoms with E-state index in [0.29, 0.717) is 16.7 Å². The molecule has 3 aromatic rings. The molecule has 0 aliphatic heterocycles. The Kier molecular flexibility index (Phi) is 5.27. The topological polar surface area (TPSA) is 44.1 Å². The number of nitrogens with zero attached hydrogens (tertiary/aromatic N) is 2. The second-order valence-electron chi connectivity index (χ2n) is 6.49. The van der Waals surface area contributed by atoms with Crippen LogP contribution in [0.4, 0.5) is 13.2 Å². The van der Waals surface area contributed by atoms with Gasteiger partial charge in [0.25, 0.3) is 0 Å². The lowest BCUT2D eigenvalue weighted by atomic mass is 9.87. The van der Waals surface area contributed by atoms with Gasteiger partial charge in [0.2, 0.25) is 0 Å². The average molecular weight is 388 g/mol. The monoisotopic (exact) mass is 388 g/mol. The van der Waals surface area contributed by atoms with E-state index >= 15 is 0 Å². The van der Waals surface area contributed by atoms with E-state index in [1.165, 1.54) is 25.7 Å². The average Bonchev–Trinajstić information content (AvgIpc) is 3.18. The second-order valence-corrected chi connectivity index (χ2v) is 6.49. The number of methoxy groups -OCH3 is 1. The van der Waals surface area contributed by atoms with Crippen molar-refractivity contribution < 1.29 is 22.7 Å². The van der Waals surface area contributed by atoms with Gasteiger partial charge in [0.15, 0.2) is 0 Å². The lowest BCUT2D eigenvalue weighted by Gasteiger charge is -2.26. The quantitative estimate of drug-likeness (QED) is 0.595. The SMILES string of the molecule is COC(=O)c1ccc(C(c2c(C(F)(F)F)ccc(C)c2C)n2ccnc2)cc1. The first-order chi connectivity index (χ1) is 13.2. The Morgan fingerprint density at radius 3 is 2.32 bits per heavy atom. The third-order valence-corrected chi connectivity index (χ3v) is 4.84. The van der Waals surface area contributed by atoms with Crippen molar-refractivity contribution in [3.63, 3.8) is 0 Å². The Morgan fingerprint density at radius 2 is 1.79 bits per heavy atom. The van der Waals surface area contributed by atoms with Gasteiger partial charge in [0.05, 0.1) is 30.6 Å². The van der Waals surface area contributed by atoms with Crippen molar-refractivity contribution >= 4 is 5.97 Å². The molecular formula is C21H19F3N2O2. The number of ether oxygens (including phenoxy) is 1. The molecule has 1 heterocycles. The summed E-state index contributed by atoms with van der Waals surface area (Å²) in [6, 6.07) is 8.22. The van der Waals surface area contributed by atoms with Crippen molar-refractivity contribution in [2.75, 3.05) is 7.11 Å². The number of hydrogen-bond acceptors (Lipinski definition) is 3. The maximum absolute atomic E-state index is 13.8. The maximum Gasteiger partial charge on any atom is 0.416 e. The van der Waals surface area contributed by atoms with Crippen molar-refractivity contribution in [1.29, 1.82) is 0 Å². The minimum atomic E-state index is -4.50. The van der Waals surface area contributed by atoms with E-state index in [1.807, 2.05) is 0 Å². The Labute approximate surface area is 160 Å². The molecule has 0 aliphatic rings. The van der Waals surface area contributed by atoms with Crippen LogP contribution >= 0.6 is 0 Å². The number of benzene rings is 2. The molecule has 2 aromatic carbocycles. The van der Waals surface area contributed by atoms with Gasteiger partial charge in [0, 0.05) is 12.4 Å². The molecule has 4 nitrogen and oxygen atoms in total. The fourth-order valence-electron chi connectivity index (χ4n) is 3.27. The summed E-state index contributed by atoms with van der Waals surface area (Å²) in [5.41, 5.74) is 1.73. The van der Waals surface area contributed by atoms with Gasteiger partial charge in [-0.3, -0.25) is 0 Å². The third-order valence-electron chi connectivity index (χ3n) is 4.84. The number of esters is 1. The maximum atomic E-state index is 13.8. The smallest absolute Gasteiger partial charge is 0.416 e. The number of hydrogen-bond donors (Lipinski definition) is 0. The van der Waals surface area contributed by atoms with Gasteiger partial charge < -0.3 is 9.30 Å². The first-order valence-corrected chi connectivity index (χ1v) is 8.57.